The van der Waals surface area contributed by atoms with Crippen molar-refractivity contribution in [3.05, 3.63) is 57.9 Å². The second-order valence-corrected chi connectivity index (χ2v) is 7.29. The van der Waals surface area contributed by atoms with Crippen LogP contribution >= 0.6 is 11.3 Å². The summed E-state index contributed by atoms with van der Waals surface area (Å²) in [6, 6.07) is 11.9. The van der Waals surface area contributed by atoms with E-state index in [2.05, 4.69) is 6.07 Å². The maximum atomic E-state index is 13.2. The molecule has 26 heavy (non-hydrogen) atoms. The van der Waals surface area contributed by atoms with Crippen LogP contribution in [0.1, 0.15) is 16.9 Å². The van der Waals surface area contributed by atoms with E-state index < -0.39 is 0 Å². The van der Waals surface area contributed by atoms with Crippen molar-refractivity contribution in [3.8, 4) is 0 Å². The number of anilines is 1. The van der Waals surface area contributed by atoms with E-state index in [1.807, 2.05) is 40.6 Å². The number of amides is 2. The highest BCUT2D eigenvalue weighted by atomic mass is 32.1. The third kappa shape index (κ3) is 2.75. The van der Waals surface area contributed by atoms with Crippen LogP contribution in [0.3, 0.4) is 0 Å². The summed E-state index contributed by atoms with van der Waals surface area (Å²) in [5, 5.41) is 1.93. The quantitative estimate of drug-likeness (QED) is 0.581. The van der Waals surface area contributed by atoms with Gasteiger partial charge in [-0.1, -0.05) is 24.3 Å². The highest BCUT2D eigenvalue weighted by molar-refractivity contribution is 7.11. The molecule has 0 unspecified atom stereocenters. The first-order chi connectivity index (χ1) is 12.7. The lowest BCUT2D eigenvalue weighted by Gasteiger charge is -2.21. The van der Waals surface area contributed by atoms with Gasteiger partial charge in [-0.25, -0.2) is 0 Å². The van der Waals surface area contributed by atoms with Crippen LogP contribution in [-0.2, 0) is 20.7 Å². The molecule has 0 atom stereocenters. The summed E-state index contributed by atoms with van der Waals surface area (Å²) in [6.07, 6.45) is 1.51. The summed E-state index contributed by atoms with van der Waals surface area (Å²) >= 11 is 1.49. The Kier molecular flexibility index (Phi) is 4.61. The second-order valence-electron chi connectivity index (χ2n) is 6.34. The van der Waals surface area contributed by atoms with E-state index in [1.54, 1.807) is 7.11 Å². The van der Waals surface area contributed by atoms with Crippen LogP contribution in [0.4, 0.5) is 5.69 Å². The molecule has 0 N–H and O–H groups in total. The lowest BCUT2D eigenvalue weighted by molar-refractivity contribution is -0.137. The molecule has 2 aliphatic rings. The molecule has 2 aromatic rings. The van der Waals surface area contributed by atoms with Crippen molar-refractivity contribution in [1.29, 1.82) is 0 Å². The maximum Gasteiger partial charge on any atom is 0.278 e. The van der Waals surface area contributed by atoms with Crippen LogP contribution in [0.2, 0.25) is 0 Å². The van der Waals surface area contributed by atoms with E-state index in [0.29, 0.717) is 37.4 Å². The molecule has 0 aliphatic carbocycles. The van der Waals surface area contributed by atoms with Crippen molar-refractivity contribution in [2.24, 2.45) is 0 Å². The minimum Gasteiger partial charge on any atom is -0.385 e. The molecule has 0 spiro atoms. The lowest BCUT2D eigenvalue weighted by atomic mass is 10.1. The molecule has 0 radical (unpaired) electrons. The molecule has 1 aromatic carbocycles. The van der Waals surface area contributed by atoms with Crippen molar-refractivity contribution in [2.45, 2.75) is 12.8 Å². The number of carbonyl (C=O) groups excluding carboxylic acids is 2. The number of carbonyl (C=O) groups is 2. The van der Waals surface area contributed by atoms with Gasteiger partial charge in [-0.05, 0) is 35.9 Å². The molecule has 2 aliphatic heterocycles. The maximum absolute atomic E-state index is 13.2. The largest absolute Gasteiger partial charge is 0.385 e. The number of benzene rings is 1. The number of hydrogen-bond acceptors (Lipinski definition) is 5. The fourth-order valence-electron chi connectivity index (χ4n) is 3.60. The highest BCUT2D eigenvalue weighted by Crippen LogP contribution is 2.39. The van der Waals surface area contributed by atoms with Gasteiger partial charge in [0.25, 0.3) is 11.8 Å². The Morgan fingerprint density at radius 2 is 1.96 bits per heavy atom. The zero-order valence-electron chi connectivity index (χ0n) is 14.6. The SMILES string of the molecule is COCCCN1C(=O)C(c2cccs2)=C(N2CCc3ccccc32)C1=O. The fourth-order valence-corrected chi connectivity index (χ4v) is 4.36. The average Bonchev–Trinajstić information content (AvgIpc) is 3.36. The Morgan fingerprint density at radius 1 is 1.12 bits per heavy atom. The molecular weight excluding hydrogens is 348 g/mol. The number of methoxy groups -OCH3 is 1. The molecule has 2 amide bonds. The number of rotatable bonds is 6. The van der Waals surface area contributed by atoms with E-state index in [9.17, 15) is 9.59 Å². The van der Waals surface area contributed by atoms with Crippen LogP contribution in [-0.4, -0.2) is 43.5 Å². The van der Waals surface area contributed by atoms with Gasteiger partial charge in [0.15, 0.2) is 0 Å². The van der Waals surface area contributed by atoms with Crippen molar-refractivity contribution in [2.75, 3.05) is 31.7 Å². The number of imide groups is 1. The van der Waals surface area contributed by atoms with Crippen LogP contribution in [0, 0.1) is 0 Å². The lowest BCUT2D eigenvalue weighted by Crippen LogP contribution is -2.35. The van der Waals surface area contributed by atoms with Gasteiger partial charge in [0, 0.05) is 37.4 Å². The van der Waals surface area contributed by atoms with E-state index >= 15 is 0 Å². The molecule has 0 bridgehead atoms. The molecule has 0 fully saturated rings. The molecule has 1 aromatic heterocycles. The van der Waals surface area contributed by atoms with Gasteiger partial charge in [0.05, 0.1) is 5.57 Å². The number of thiophene rings is 1. The van der Waals surface area contributed by atoms with E-state index in [1.165, 1.54) is 21.8 Å². The standard InChI is InChI=1S/C20H20N2O3S/c1-25-12-5-10-22-19(23)17(16-8-4-13-26-16)18(20(22)24)21-11-9-14-6-2-3-7-15(14)21/h2-4,6-8,13H,5,9-12H2,1H3. The molecule has 134 valence electrons. The van der Waals surface area contributed by atoms with Gasteiger partial charge in [0.2, 0.25) is 0 Å². The fraction of sp³-hybridized carbons (Fsp3) is 0.300. The van der Waals surface area contributed by atoms with Crippen molar-refractivity contribution >= 4 is 34.4 Å². The third-order valence-corrected chi connectivity index (χ3v) is 5.69. The van der Waals surface area contributed by atoms with Crippen molar-refractivity contribution < 1.29 is 14.3 Å². The topological polar surface area (TPSA) is 49.9 Å². The van der Waals surface area contributed by atoms with Crippen LogP contribution in [0.15, 0.2) is 47.5 Å². The Hall–Kier alpha value is -2.44. The Balaban J connectivity index is 1.76. The Bertz CT molecular complexity index is 873. The summed E-state index contributed by atoms with van der Waals surface area (Å²) in [4.78, 5) is 30.5. The number of hydrogen-bond donors (Lipinski definition) is 0. The third-order valence-electron chi connectivity index (χ3n) is 4.80. The molecule has 6 heteroatoms. The summed E-state index contributed by atoms with van der Waals surface area (Å²) in [6.45, 7) is 1.61. The zero-order chi connectivity index (χ0) is 18.1. The zero-order valence-corrected chi connectivity index (χ0v) is 15.4. The first kappa shape index (κ1) is 17.0. The van der Waals surface area contributed by atoms with Gasteiger partial charge in [-0.2, -0.15) is 0 Å². The number of nitrogens with zero attached hydrogens (tertiary/aromatic N) is 2. The van der Waals surface area contributed by atoms with Crippen LogP contribution in [0.5, 0.6) is 0 Å². The molecular formula is C20H20N2O3S. The van der Waals surface area contributed by atoms with Gasteiger partial charge in [-0.3, -0.25) is 14.5 Å². The van der Waals surface area contributed by atoms with Crippen molar-refractivity contribution in [1.82, 2.24) is 4.90 Å². The molecule has 5 nitrogen and oxygen atoms in total. The van der Waals surface area contributed by atoms with E-state index in [-0.39, 0.29) is 11.8 Å². The summed E-state index contributed by atoms with van der Waals surface area (Å²) < 4.78 is 5.07. The Morgan fingerprint density at radius 3 is 2.73 bits per heavy atom. The molecule has 0 saturated heterocycles. The smallest absolute Gasteiger partial charge is 0.278 e. The predicted molar refractivity (Wildman–Crippen MR) is 102 cm³/mol. The normalized spacial score (nSPS) is 16.8. The average molecular weight is 368 g/mol. The number of para-hydroxylation sites is 1. The first-order valence-electron chi connectivity index (χ1n) is 8.71. The number of fused-ring (bicyclic) bond motifs is 1. The van der Waals surface area contributed by atoms with Gasteiger partial charge < -0.3 is 9.64 Å². The Labute approximate surface area is 156 Å². The first-order valence-corrected chi connectivity index (χ1v) is 9.59. The summed E-state index contributed by atoms with van der Waals surface area (Å²) in [5.41, 5.74) is 3.28. The van der Waals surface area contributed by atoms with E-state index in [0.717, 1.165) is 17.0 Å². The van der Waals surface area contributed by atoms with Gasteiger partial charge >= 0.3 is 0 Å². The monoisotopic (exact) mass is 368 g/mol. The molecule has 4 rings (SSSR count). The summed E-state index contributed by atoms with van der Waals surface area (Å²) in [5.74, 6) is -0.404. The summed E-state index contributed by atoms with van der Waals surface area (Å²) in [7, 11) is 1.62. The van der Waals surface area contributed by atoms with E-state index in [4.69, 9.17) is 4.74 Å². The van der Waals surface area contributed by atoms with Crippen LogP contribution in [0.25, 0.3) is 5.57 Å². The molecule has 3 heterocycles. The van der Waals surface area contributed by atoms with Gasteiger partial charge in [-0.15, -0.1) is 11.3 Å². The minimum absolute atomic E-state index is 0.201. The molecule has 0 saturated carbocycles. The minimum atomic E-state index is -0.203. The van der Waals surface area contributed by atoms with Crippen molar-refractivity contribution in [3.63, 3.8) is 0 Å². The number of ether oxygens (including phenoxy) is 1. The highest BCUT2D eigenvalue weighted by Gasteiger charge is 2.43. The van der Waals surface area contributed by atoms with Gasteiger partial charge in [0.1, 0.15) is 5.70 Å². The van der Waals surface area contributed by atoms with Crippen LogP contribution < -0.4 is 4.90 Å². The second kappa shape index (κ2) is 7.05. The predicted octanol–water partition coefficient (Wildman–Crippen LogP) is 2.93.